The van der Waals surface area contributed by atoms with Crippen LogP contribution in [0.25, 0.3) is 0 Å². The highest BCUT2D eigenvalue weighted by Gasteiger charge is 2.33. The third-order valence-electron chi connectivity index (χ3n) is 5.13. The summed E-state index contributed by atoms with van der Waals surface area (Å²) in [6, 6.07) is 6.92. The van der Waals surface area contributed by atoms with Gasteiger partial charge in [-0.1, -0.05) is 33.8 Å². The van der Waals surface area contributed by atoms with Crippen molar-refractivity contribution in [2.75, 3.05) is 10.2 Å². The van der Waals surface area contributed by atoms with Gasteiger partial charge in [0.2, 0.25) is 0 Å². The van der Waals surface area contributed by atoms with Gasteiger partial charge < -0.3 is 5.32 Å². The van der Waals surface area contributed by atoms with Crippen LogP contribution in [0.2, 0.25) is 0 Å². The summed E-state index contributed by atoms with van der Waals surface area (Å²) in [4.78, 5) is 39.1. The number of anilines is 3. The summed E-state index contributed by atoms with van der Waals surface area (Å²) >= 11 is 0. The van der Waals surface area contributed by atoms with Crippen molar-refractivity contribution in [3.05, 3.63) is 61.9 Å². The van der Waals surface area contributed by atoms with Gasteiger partial charge in [-0.25, -0.2) is 0 Å². The third-order valence-corrected chi connectivity index (χ3v) is 5.13. The molecule has 6 heteroatoms. The summed E-state index contributed by atoms with van der Waals surface area (Å²) in [5.41, 5.74) is 0.430. The molecule has 1 amide bonds. The highest BCUT2D eigenvalue weighted by molar-refractivity contribution is 6.10. The van der Waals surface area contributed by atoms with Gasteiger partial charge >= 0.3 is 0 Å². The van der Waals surface area contributed by atoms with E-state index in [1.165, 1.54) is 11.0 Å². The summed E-state index contributed by atoms with van der Waals surface area (Å²) in [5, 5.41) is 12.3. The number of carbonyl (C=O) groups is 1. The molecule has 0 aliphatic carbocycles. The van der Waals surface area contributed by atoms with Crippen LogP contribution in [0.3, 0.4) is 0 Å². The molecule has 0 bridgehead atoms. The average molecular weight is 393 g/mol. The van der Waals surface area contributed by atoms with Crippen molar-refractivity contribution in [3.8, 4) is 6.07 Å². The summed E-state index contributed by atoms with van der Waals surface area (Å²) in [6.07, 6.45) is 3.49. The Morgan fingerprint density at radius 3 is 2.45 bits per heavy atom. The zero-order chi connectivity index (χ0) is 21.9. The molecule has 1 N–H and O–H groups in total. The molecule has 0 aliphatic rings. The Morgan fingerprint density at radius 2 is 1.93 bits per heavy atom. The lowest BCUT2D eigenvalue weighted by Crippen LogP contribution is -2.45. The molecule has 1 atom stereocenters. The number of allylic oxidation sites excluding steroid dienone is 1. The minimum Gasteiger partial charge on any atom is -0.377 e. The second-order valence-corrected chi connectivity index (χ2v) is 8.10. The fourth-order valence-corrected chi connectivity index (χ4v) is 2.88. The SMILES string of the molecule is CC=CC(=O)N(c1ccc(C#N)cc1CC)c1c(NC(C)C(C)(C)C)c(=O)c1=O. The number of hydrogen-bond acceptors (Lipinski definition) is 5. The number of nitrogens with one attached hydrogen (secondary N) is 1. The van der Waals surface area contributed by atoms with Crippen LogP contribution < -0.4 is 21.1 Å². The van der Waals surface area contributed by atoms with Gasteiger partial charge in [-0.05, 0) is 55.5 Å². The molecular weight excluding hydrogens is 366 g/mol. The van der Waals surface area contributed by atoms with Crippen molar-refractivity contribution < 1.29 is 4.79 Å². The third kappa shape index (κ3) is 4.29. The molecule has 2 rings (SSSR count). The number of aryl methyl sites for hydroxylation is 1. The molecule has 0 radical (unpaired) electrons. The number of carbonyl (C=O) groups excluding carboxylic acids is 1. The fraction of sp³-hybridized carbons (Fsp3) is 0.391. The summed E-state index contributed by atoms with van der Waals surface area (Å²) in [7, 11) is 0. The molecule has 0 saturated heterocycles. The van der Waals surface area contributed by atoms with E-state index in [0.717, 1.165) is 5.56 Å². The number of nitriles is 1. The van der Waals surface area contributed by atoms with Gasteiger partial charge in [-0.15, -0.1) is 0 Å². The standard InChI is InChI=1S/C23H27N3O3/c1-7-9-18(27)26(17-11-10-15(13-24)12-16(17)8-2)20-19(21(28)22(20)29)25-14(3)23(4,5)6/h7,9-12,14,25H,8H2,1-6H3. The van der Waals surface area contributed by atoms with Crippen LogP contribution in [-0.2, 0) is 11.2 Å². The van der Waals surface area contributed by atoms with Crippen LogP contribution >= 0.6 is 0 Å². The van der Waals surface area contributed by atoms with Crippen molar-refractivity contribution in [1.82, 2.24) is 0 Å². The molecule has 0 aromatic heterocycles. The van der Waals surface area contributed by atoms with Gasteiger partial charge in [0.15, 0.2) is 0 Å². The minimum absolute atomic E-state index is 0.0496. The van der Waals surface area contributed by atoms with Gasteiger partial charge in [0.1, 0.15) is 11.4 Å². The average Bonchev–Trinajstić information content (AvgIpc) is 2.69. The molecule has 0 spiro atoms. The smallest absolute Gasteiger partial charge is 0.255 e. The lowest BCUT2D eigenvalue weighted by Gasteiger charge is -2.32. The van der Waals surface area contributed by atoms with Crippen LogP contribution in [-0.4, -0.2) is 11.9 Å². The van der Waals surface area contributed by atoms with Gasteiger partial charge in [-0.3, -0.25) is 19.3 Å². The minimum atomic E-state index is -0.696. The number of nitrogens with zero attached hydrogens (tertiary/aromatic N) is 2. The first-order chi connectivity index (χ1) is 13.6. The topological polar surface area (TPSA) is 90.3 Å². The highest BCUT2D eigenvalue weighted by Crippen LogP contribution is 2.34. The van der Waals surface area contributed by atoms with E-state index in [2.05, 4.69) is 11.4 Å². The van der Waals surface area contributed by atoms with E-state index in [1.807, 2.05) is 34.6 Å². The largest absolute Gasteiger partial charge is 0.377 e. The number of amides is 1. The van der Waals surface area contributed by atoms with Crippen LogP contribution in [0.1, 0.15) is 52.7 Å². The molecule has 2 aromatic carbocycles. The Balaban J connectivity index is 2.68. The van der Waals surface area contributed by atoms with E-state index in [9.17, 15) is 19.6 Å². The predicted molar refractivity (Wildman–Crippen MR) is 116 cm³/mol. The van der Waals surface area contributed by atoms with E-state index >= 15 is 0 Å². The molecule has 152 valence electrons. The lowest BCUT2D eigenvalue weighted by atomic mass is 9.87. The first-order valence-corrected chi connectivity index (χ1v) is 9.66. The molecule has 6 nitrogen and oxygen atoms in total. The maximum absolute atomic E-state index is 12.9. The normalized spacial score (nSPS) is 12.7. The van der Waals surface area contributed by atoms with Gasteiger partial charge in [0, 0.05) is 6.04 Å². The second-order valence-electron chi connectivity index (χ2n) is 8.10. The van der Waals surface area contributed by atoms with Crippen molar-refractivity contribution in [2.45, 2.75) is 54.0 Å². The Labute approximate surface area is 171 Å². The summed E-state index contributed by atoms with van der Waals surface area (Å²) in [6.45, 7) is 11.6. The van der Waals surface area contributed by atoms with E-state index < -0.39 is 16.8 Å². The Bertz CT molecular complexity index is 1060. The molecule has 0 heterocycles. The molecule has 0 aliphatic heterocycles. The van der Waals surface area contributed by atoms with Crippen LogP contribution in [0.5, 0.6) is 0 Å². The maximum Gasteiger partial charge on any atom is 0.255 e. The zero-order valence-corrected chi connectivity index (χ0v) is 17.8. The van der Waals surface area contributed by atoms with Gasteiger partial charge in [0.25, 0.3) is 16.8 Å². The monoisotopic (exact) mass is 393 g/mol. The molecule has 2 aromatic rings. The second kappa shape index (κ2) is 8.44. The van der Waals surface area contributed by atoms with E-state index in [-0.39, 0.29) is 22.8 Å². The Hall–Kier alpha value is -3.20. The zero-order valence-electron chi connectivity index (χ0n) is 17.8. The summed E-state index contributed by atoms with van der Waals surface area (Å²) < 4.78 is 0. The highest BCUT2D eigenvalue weighted by atomic mass is 16.2. The van der Waals surface area contributed by atoms with Gasteiger partial charge in [-0.2, -0.15) is 5.26 Å². The van der Waals surface area contributed by atoms with Crippen molar-refractivity contribution in [1.29, 1.82) is 5.26 Å². The molecule has 1 unspecified atom stereocenters. The first-order valence-electron chi connectivity index (χ1n) is 9.66. The number of rotatable bonds is 6. The fourth-order valence-electron chi connectivity index (χ4n) is 2.88. The summed E-state index contributed by atoms with van der Waals surface area (Å²) in [5.74, 6) is -0.425. The molecule has 29 heavy (non-hydrogen) atoms. The van der Waals surface area contributed by atoms with Crippen molar-refractivity contribution in [3.63, 3.8) is 0 Å². The van der Waals surface area contributed by atoms with E-state index in [4.69, 9.17) is 0 Å². The Morgan fingerprint density at radius 1 is 1.28 bits per heavy atom. The Kier molecular flexibility index (Phi) is 6.43. The van der Waals surface area contributed by atoms with Gasteiger partial charge in [0.05, 0.1) is 17.3 Å². The predicted octanol–water partition coefficient (Wildman–Crippen LogP) is 3.80. The van der Waals surface area contributed by atoms with Crippen molar-refractivity contribution >= 4 is 23.0 Å². The molecule has 0 saturated carbocycles. The molecule has 0 fully saturated rings. The van der Waals surface area contributed by atoms with E-state index in [1.54, 1.807) is 31.2 Å². The first kappa shape index (κ1) is 22.1. The van der Waals surface area contributed by atoms with Crippen molar-refractivity contribution in [2.24, 2.45) is 5.41 Å². The maximum atomic E-state index is 12.9. The van der Waals surface area contributed by atoms with Crippen LogP contribution in [0.15, 0.2) is 39.9 Å². The van der Waals surface area contributed by atoms with E-state index in [0.29, 0.717) is 17.7 Å². The number of hydrogen-bond donors (Lipinski definition) is 1. The molecular formula is C23H27N3O3. The van der Waals surface area contributed by atoms with Crippen LogP contribution in [0.4, 0.5) is 17.1 Å². The quantitative estimate of drug-likeness (QED) is 0.595. The van der Waals surface area contributed by atoms with Crippen LogP contribution in [0, 0.1) is 16.7 Å². The number of benzene rings is 1. The lowest BCUT2D eigenvalue weighted by molar-refractivity contribution is -0.113.